The molecule has 0 aliphatic rings. The van der Waals surface area contributed by atoms with Gasteiger partial charge in [-0.1, -0.05) is 36.4 Å². The van der Waals surface area contributed by atoms with Gasteiger partial charge in [0.1, 0.15) is 22.8 Å². The molecule has 1 N–H and O–H groups in total. The van der Waals surface area contributed by atoms with E-state index in [-0.39, 0.29) is 5.82 Å². The third-order valence-corrected chi connectivity index (χ3v) is 6.10. The summed E-state index contributed by atoms with van der Waals surface area (Å²) < 4.78 is 26.9. The maximum absolute atomic E-state index is 14.3. The van der Waals surface area contributed by atoms with Crippen LogP contribution < -0.4 is 14.8 Å². The van der Waals surface area contributed by atoms with Gasteiger partial charge in [0.2, 0.25) is 0 Å². The van der Waals surface area contributed by atoms with E-state index in [0.29, 0.717) is 58.4 Å². The molecule has 0 aliphatic carbocycles. The molecule has 0 radical (unpaired) electrons. The predicted molar refractivity (Wildman–Crippen MR) is 139 cm³/mol. The van der Waals surface area contributed by atoms with Crippen LogP contribution in [0.4, 0.5) is 10.2 Å². The van der Waals surface area contributed by atoms with Crippen molar-refractivity contribution in [2.45, 2.75) is 13.0 Å². The van der Waals surface area contributed by atoms with Crippen LogP contribution >= 0.6 is 0 Å². The lowest BCUT2D eigenvalue weighted by atomic mass is 10.1. The maximum atomic E-state index is 14.3. The number of rotatable bonds is 8. The van der Waals surface area contributed by atoms with E-state index in [1.165, 1.54) is 6.07 Å². The second-order valence-electron chi connectivity index (χ2n) is 8.40. The van der Waals surface area contributed by atoms with Crippen LogP contribution in [0.2, 0.25) is 0 Å². The minimum absolute atomic E-state index is 0.272. The molecular weight excluding hydrogens is 469 g/mol. The summed E-state index contributed by atoms with van der Waals surface area (Å²) in [6.45, 7) is 0.424. The molecule has 2 heterocycles. The third kappa shape index (κ3) is 4.93. The molecule has 0 bridgehead atoms. The monoisotopic (exact) mass is 493 g/mol. The van der Waals surface area contributed by atoms with Gasteiger partial charge in [-0.05, 0) is 35.9 Å². The zero-order valence-corrected chi connectivity index (χ0v) is 20.4. The van der Waals surface area contributed by atoms with Crippen molar-refractivity contribution in [3.63, 3.8) is 0 Å². The fraction of sp³-hybridized carbons (Fsp3) is 0.138. The van der Waals surface area contributed by atoms with E-state index in [0.717, 1.165) is 11.1 Å². The van der Waals surface area contributed by atoms with Crippen molar-refractivity contribution >= 4 is 11.3 Å². The maximum Gasteiger partial charge on any atom is 0.153 e. The van der Waals surface area contributed by atoms with Gasteiger partial charge in [-0.25, -0.2) is 13.9 Å². The summed E-state index contributed by atoms with van der Waals surface area (Å²) in [4.78, 5) is 4.86. The highest BCUT2D eigenvalue weighted by Gasteiger charge is 2.15. The van der Waals surface area contributed by atoms with Crippen molar-refractivity contribution in [3.05, 3.63) is 107 Å². The third-order valence-electron chi connectivity index (χ3n) is 6.10. The topological polar surface area (TPSA) is 84.5 Å². The molecule has 0 atom stereocenters. The number of hydrogen-bond donors (Lipinski definition) is 1. The van der Waals surface area contributed by atoms with Gasteiger partial charge < -0.3 is 14.8 Å². The van der Waals surface area contributed by atoms with Crippen molar-refractivity contribution in [2.24, 2.45) is 0 Å². The lowest BCUT2D eigenvalue weighted by Crippen LogP contribution is -2.06. The molecule has 5 aromatic rings. The summed E-state index contributed by atoms with van der Waals surface area (Å²) in [7, 11) is 3.22. The minimum Gasteiger partial charge on any atom is -0.497 e. The Labute approximate surface area is 213 Å². The van der Waals surface area contributed by atoms with Gasteiger partial charge in [-0.15, -0.1) is 0 Å². The molecule has 0 saturated carbocycles. The van der Waals surface area contributed by atoms with Crippen molar-refractivity contribution in [3.8, 4) is 28.8 Å². The number of nitrogens with zero attached hydrogens (tertiary/aromatic N) is 4. The Kier molecular flexibility index (Phi) is 6.68. The summed E-state index contributed by atoms with van der Waals surface area (Å²) in [6, 6.07) is 23.7. The fourth-order valence-electron chi connectivity index (χ4n) is 4.21. The average molecular weight is 494 g/mol. The molecule has 0 fully saturated rings. The minimum atomic E-state index is -0.272. The van der Waals surface area contributed by atoms with Crippen molar-refractivity contribution < 1.29 is 13.9 Å². The Bertz CT molecular complexity index is 1620. The molecule has 3 aromatic carbocycles. The molecule has 8 heteroatoms. The Morgan fingerprint density at radius 1 is 0.973 bits per heavy atom. The normalized spacial score (nSPS) is 10.8. The summed E-state index contributed by atoms with van der Waals surface area (Å²) in [6.07, 6.45) is 2.12. The molecule has 7 nitrogen and oxygen atoms in total. The largest absolute Gasteiger partial charge is 0.497 e. The lowest BCUT2D eigenvalue weighted by Gasteiger charge is -2.13. The van der Waals surface area contributed by atoms with Crippen LogP contribution in [-0.2, 0) is 13.0 Å². The summed E-state index contributed by atoms with van der Waals surface area (Å²) in [5.74, 6) is 1.69. The SMILES string of the molecule is COc1ccc(CNc2nc(-c3ccccc3C#N)cn3nc(Cc4ccccc4F)cc23)c(OC)c1. The van der Waals surface area contributed by atoms with E-state index in [4.69, 9.17) is 19.6 Å². The van der Waals surface area contributed by atoms with Gasteiger partial charge in [-0.2, -0.15) is 10.4 Å². The molecule has 0 amide bonds. The molecule has 5 rings (SSSR count). The van der Waals surface area contributed by atoms with Crippen molar-refractivity contribution in [1.29, 1.82) is 5.26 Å². The number of nitriles is 1. The Morgan fingerprint density at radius 3 is 2.57 bits per heavy atom. The van der Waals surface area contributed by atoms with Gasteiger partial charge in [0.05, 0.1) is 43.4 Å². The van der Waals surface area contributed by atoms with Crippen LogP contribution in [0.1, 0.15) is 22.4 Å². The summed E-state index contributed by atoms with van der Waals surface area (Å²) in [5, 5.41) is 17.7. The molecule has 0 saturated heterocycles. The molecule has 37 heavy (non-hydrogen) atoms. The van der Waals surface area contributed by atoms with Gasteiger partial charge in [-0.3, -0.25) is 0 Å². The molecule has 0 unspecified atom stereocenters. The number of benzene rings is 3. The number of fused-ring (bicyclic) bond motifs is 1. The highest BCUT2D eigenvalue weighted by atomic mass is 19.1. The van der Waals surface area contributed by atoms with Gasteiger partial charge in [0.25, 0.3) is 0 Å². The van der Waals surface area contributed by atoms with Crippen molar-refractivity contribution in [1.82, 2.24) is 14.6 Å². The van der Waals surface area contributed by atoms with Gasteiger partial charge in [0, 0.05) is 30.2 Å². The van der Waals surface area contributed by atoms with Crippen LogP contribution in [-0.4, -0.2) is 28.8 Å². The Morgan fingerprint density at radius 2 is 1.78 bits per heavy atom. The first-order chi connectivity index (χ1) is 18.1. The van der Waals surface area contributed by atoms with Crippen LogP contribution in [0.25, 0.3) is 16.8 Å². The second-order valence-corrected chi connectivity index (χ2v) is 8.40. The van der Waals surface area contributed by atoms with E-state index in [9.17, 15) is 9.65 Å². The van der Waals surface area contributed by atoms with Gasteiger partial charge in [0.15, 0.2) is 5.82 Å². The quantitative estimate of drug-likeness (QED) is 0.302. The van der Waals surface area contributed by atoms with Crippen LogP contribution in [0.15, 0.2) is 79.0 Å². The van der Waals surface area contributed by atoms with E-state index in [1.54, 1.807) is 43.1 Å². The number of anilines is 1. The lowest BCUT2D eigenvalue weighted by molar-refractivity contribution is 0.391. The highest BCUT2D eigenvalue weighted by molar-refractivity contribution is 5.75. The Balaban J connectivity index is 1.57. The second kappa shape index (κ2) is 10.4. The zero-order valence-electron chi connectivity index (χ0n) is 20.4. The number of methoxy groups -OCH3 is 2. The number of aromatic nitrogens is 3. The fourth-order valence-corrected chi connectivity index (χ4v) is 4.21. The van der Waals surface area contributed by atoms with Crippen LogP contribution in [0.5, 0.6) is 11.5 Å². The average Bonchev–Trinajstić information content (AvgIpc) is 3.35. The first kappa shape index (κ1) is 23.8. The van der Waals surface area contributed by atoms with Crippen molar-refractivity contribution in [2.75, 3.05) is 19.5 Å². The van der Waals surface area contributed by atoms with E-state index in [1.807, 2.05) is 48.5 Å². The number of hydrogen-bond acceptors (Lipinski definition) is 6. The number of ether oxygens (including phenoxy) is 2. The summed E-state index contributed by atoms with van der Waals surface area (Å²) in [5.41, 5.74) is 4.71. The highest BCUT2D eigenvalue weighted by Crippen LogP contribution is 2.29. The van der Waals surface area contributed by atoms with E-state index in [2.05, 4.69) is 11.4 Å². The van der Waals surface area contributed by atoms with Crippen LogP contribution in [0, 0.1) is 17.1 Å². The molecule has 2 aromatic heterocycles. The smallest absolute Gasteiger partial charge is 0.153 e. The number of nitrogens with one attached hydrogen (secondary N) is 1. The molecule has 0 spiro atoms. The number of halogens is 1. The van der Waals surface area contributed by atoms with Gasteiger partial charge >= 0.3 is 0 Å². The Hall–Kier alpha value is -4.90. The van der Waals surface area contributed by atoms with E-state index >= 15 is 0 Å². The molecule has 184 valence electrons. The van der Waals surface area contributed by atoms with E-state index < -0.39 is 0 Å². The van der Waals surface area contributed by atoms with Crippen LogP contribution in [0.3, 0.4) is 0 Å². The predicted octanol–water partition coefficient (Wildman–Crippen LogP) is 5.63. The molecular formula is C29H24FN5O2. The zero-order chi connectivity index (χ0) is 25.8. The standard InChI is InChI=1S/C29H24FN5O2/c1-36-23-12-11-21(28(15-23)37-2)17-32-29-27-14-22(13-19-7-4-6-10-25(19)30)34-35(27)18-26(33-29)24-9-5-3-8-20(24)16-31/h3-12,14-15,18H,13,17H2,1-2H3,(H,32,33). The summed E-state index contributed by atoms with van der Waals surface area (Å²) >= 11 is 0. The first-order valence-electron chi connectivity index (χ1n) is 11.7. The first-order valence-corrected chi connectivity index (χ1v) is 11.7. The molecule has 0 aliphatic heterocycles.